The number of nitro benzene ring substituents is 1. The van der Waals surface area contributed by atoms with Crippen LogP contribution in [-0.4, -0.2) is 33.6 Å². The van der Waals surface area contributed by atoms with Crippen LogP contribution in [0.3, 0.4) is 0 Å². The molecule has 0 radical (unpaired) electrons. The lowest BCUT2D eigenvalue weighted by atomic mass is 9.98. The van der Waals surface area contributed by atoms with E-state index < -0.39 is 10.5 Å². The standard InChI is InChI=1S/C14H22N4O3/c1-14(19)5-2-7-17(8-6-14)10-11-9-12(18(20)21)3-4-13(11)16-15/h3-4,9,16,19H,2,5-8,10,15H2,1H3. The van der Waals surface area contributed by atoms with E-state index in [1.807, 2.05) is 6.92 Å². The molecule has 0 bridgehead atoms. The minimum absolute atomic E-state index is 0.0609. The Morgan fingerprint density at radius 1 is 1.48 bits per heavy atom. The molecule has 7 nitrogen and oxygen atoms in total. The molecule has 0 spiro atoms. The van der Waals surface area contributed by atoms with Crippen molar-refractivity contribution in [2.45, 2.75) is 38.3 Å². The largest absolute Gasteiger partial charge is 0.390 e. The number of benzene rings is 1. The van der Waals surface area contributed by atoms with Crippen molar-refractivity contribution in [3.8, 4) is 0 Å². The first-order valence-corrected chi connectivity index (χ1v) is 7.10. The number of nitro groups is 1. The molecule has 2 rings (SSSR count). The number of likely N-dealkylation sites (tertiary alicyclic amines) is 1. The van der Waals surface area contributed by atoms with Crippen molar-refractivity contribution in [1.29, 1.82) is 0 Å². The predicted molar refractivity (Wildman–Crippen MR) is 80.7 cm³/mol. The molecule has 1 heterocycles. The van der Waals surface area contributed by atoms with Crippen LogP contribution in [-0.2, 0) is 6.54 Å². The molecule has 4 N–H and O–H groups in total. The van der Waals surface area contributed by atoms with E-state index in [1.54, 1.807) is 12.1 Å². The number of nitrogen functional groups attached to an aromatic ring is 1. The number of hydrogen-bond acceptors (Lipinski definition) is 6. The van der Waals surface area contributed by atoms with Crippen molar-refractivity contribution in [2.75, 3.05) is 18.5 Å². The fourth-order valence-electron chi connectivity index (χ4n) is 2.68. The molecular weight excluding hydrogens is 272 g/mol. The van der Waals surface area contributed by atoms with Gasteiger partial charge in [0, 0.05) is 25.2 Å². The molecule has 116 valence electrons. The molecule has 1 unspecified atom stereocenters. The summed E-state index contributed by atoms with van der Waals surface area (Å²) in [5, 5.41) is 21.0. The molecule has 1 aromatic rings. The lowest BCUT2D eigenvalue weighted by molar-refractivity contribution is -0.384. The van der Waals surface area contributed by atoms with E-state index in [9.17, 15) is 15.2 Å². The minimum Gasteiger partial charge on any atom is -0.390 e. The summed E-state index contributed by atoms with van der Waals surface area (Å²) in [4.78, 5) is 12.7. The fraction of sp³-hybridized carbons (Fsp3) is 0.571. The number of hydrogen-bond donors (Lipinski definition) is 3. The van der Waals surface area contributed by atoms with Crippen LogP contribution in [0.2, 0.25) is 0 Å². The number of nitrogens with zero attached hydrogens (tertiary/aromatic N) is 2. The Morgan fingerprint density at radius 2 is 2.24 bits per heavy atom. The van der Waals surface area contributed by atoms with E-state index in [4.69, 9.17) is 5.84 Å². The monoisotopic (exact) mass is 294 g/mol. The lowest BCUT2D eigenvalue weighted by Gasteiger charge is -2.23. The zero-order valence-corrected chi connectivity index (χ0v) is 12.2. The second kappa shape index (κ2) is 6.38. The van der Waals surface area contributed by atoms with Gasteiger partial charge in [-0.25, -0.2) is 0 Å². The zero-order valence-electron chi connectivity index (χ0n) is 12.2. The highest BCUT2D eigenvalue weighted by molar-refractivity contribution is 5.55. The SMILES string of the molecule is CC1(O)CCCN(Cc2cc([N+](=O)[O-])ccc2NN)CC1. The molecule has 0 amide bonds. The molecule has 1 saturated heterocycles. The smallest absolute Gasteiger partial charge is 0.269 e. The van der Waals surface area contributed by atoms with Gasteiger partial charge in [0.15, 0.2) is 0 Å². The van der Waals surface area contributed by atoms with E-state index in [0.29, 0.717) is 18.7 Å². The maximum atomic E-state index is 10.9. The number of aliphatic hydroxyl groups is 1. The topological polar surface area (TPSA) is 105 Å². The molecule has 0 aromatic heterocycles. The Labute approximate surface area is 123 Å². The first kappa shape index (κ1) is 15.7. The first-order valence-electron chi connectivity index (χ1n) is 7.10. The van der Waals surface area contributed by atoms with Crippen LogP contribution in [0.25, 0.3) is 0 Å². The van der Waals surface area contributed by atoms with Gasteiger partial charge in [0.05, 0.1) is 16.2 Å². The van der Waals surface area contributed by atoms with Crippen molar-refractivity contribution in [3.63, 3.8) is 0 Å². The third kappa shape index (κ3) is 4.13. The molecule has 1 aliphatic rings. The summed E-state index contributed by atoms with van der Waals surface area (Å²) in [6, 6.07) is 4.62. The second-order valence-electron chi connectivity index (χ2n) is 5.87. The number of rotatable bonds is 4. The van der Waals surface area contributed by atoms with Crippen LogP contribution in [0.4, 0.5) is 11.4 Å². The number of non-ortho nitro benzene ring substituents is 1. The maximum Gasteiger partial charge on any atom is 0.269 e. The normalized spacial score (nSPS) is 23.6. The third-order valence-electron chi connectivity index (χ3n) is 4.01. The Hall–Kier alpha value is -1.70. The molecular formula is C14H22N4O3. The average molecular weight is 294 g/mol. The maximum absolute atomic E-state index is 10.9. The molecule has 0 saturated carbocycles. The summed E-state index contributed by atoms with van der Waals surface area (Å²) in [7, 11) is 0. The molecule has 1 aliphatic heterocycles. The second-order valence-corrected chi connectivity index (χ2v) is 5.87. The van der Waals surface area contributed by atoms with Crippen molar-refractivity contribution in [2.24, 2.45) is 5.84 Å². The molecule has 1 fully saturated rings. The average Bonchev–Trinajstić information content (AvgIpc) is 2.60. The van der Waals surface area contributed by atoms with E-state index in [-0.39, 0.29) is 5.69 Å². The molecule has 1 aromatic carbocycles. The van der Waals surface area contributed by atoms with Crippen LogP contribution in [0.15, 0.2) is 18.2 Å². The Morgan fingerprint density at radius 3 is 2.90 bits per heavy atom. The van der Waals surface area contributed by atoms with Crippen molar-refractivity contribution < 1.29 is 10.0 Å². The van der Waals surface area contributed by atoms with Gasteiger partial charge >= 0.3 is 0 Å². The van der Waals surface area contributed by atoms with E-state index in [2.05, 4.69) is 10.3 Å². The molecule has 1 atom stereocenters. The van der Waals surface area contributed by atoms with Crippen LogP contribution in [0.5, 0.6) is 0 Å². The number of hydrazine groups is 1. The lowest BCUT2D eigenvalue weighted by Crippen LogP contribution is -2.28. The van der Waals surface area contributed by atoms with Gasteiger partial charge in [0.2, 0.25) is 0 Å². The van der Waals surface area contributed by atoms with Gasteiger partial charge < -0.3 is 10.5 Å². The van der Waals surface area contributed by atoms with Crippen LogP contribution in [0.1, 0.15) is 31.7 Å². The van der Waals surface area contributed by atoms with Crippen LogP contribution in [0, 0.1) is 10.1 Å². The van der Waals surface area contributed by atoms with Gasteiger partial charge in [-0.1, -0.05) is 0 Å². The number of nitrogens with one attached hydrogen (secondary N) is 1. The van der Waals surface area contributed by atoms with Gasteiger partial charge in [-0.3, -0.25) is 20.9 Å². The van der Waals surface area contributed by atoms with Gasteiger partial charge in [-0.05, 0) is 44.4 Å². The minimum atomic E-state index is -0.619. The highest BCUT2D eigenvalue weighted by atomic mass is 16.6. The Kier molecular flexibility index (Phi) is 4.76. The third-order valence-corrected chi connectivity index (χ3v) is 4.01. The fourth-order valence-corrected chi connectivity index (χ4v) is 2.68. The van der Waals surface area contributed by atoms with Gasteiger partial charge in [-0.15, -0.1) is 0 Å². The highest BCUT2D eigenvalue weighted by Crippen LogP contribution is 2.26. The van der Waals surface area contributed by atoms with E-state index >= 15 is 0 Å². The highest BCUT2D eigenvalue weighted by Gasteiger charge is 2.25. The van der Waals surface area contributed by atoms with E-state index in [0.717, 1.165) is 31.5 Å². The van der Waals surface area contributed by atoms with Crippen molar-refractivity contribution in [3.05, 3.63) is 33.9 Å². The Bertz CT molecular complexity index is 519. The first-order chi connectivity index (χ1) is 9.91. The van der Waals surface area contributed by atoms with Crippen molar-refractivity contribution >= 4 is 11.4 Å². The summed E-state index contributed by atoms with van der Waals surface area (Å²) < 4.78 is 0. The van der Waals surface area contributed by atoms with Crippen molar-refractivity contribution in [1.82, 2.24) is 4.90 Å². The summed E-state index contributed by atoms with van der Waals surface area (Å²) in [5.41, 5.74) is 3.52. The molecule has 7 heteroatoms. The van der Waals surface area contributed by atoms with Gasteiger partial charge in [0.25, 0.3) is 5.69 Å². The quantitative estimate of drug-likeness (QED) is 0.443. The number of anilines is 1. The Balaban J connectivity index is 2.14. The number of nitrogens with two attached hydrogens (primary N) is 1. The van der Waals surface area contributed by atoms with Gasteiger partial charge in [0.1, 0.15) is 0 Å². The molecule has 21 heavy (non-hydrogen) atoms. The summed E-state index contributed by atoms with van der Waals surface area (Å²) in [6.07, 6.45) is 2.39. The van der Waals surface area contributed by atoms with Crippen LogP contribution >= 0.6 is 0 Å². The summed E-state index contributed by atoms with van der Waals surface area (Å²) in [6.45, 7) is 4.07. The summed E-state index contributed by atoms with van der Waals surface area (Å²) in [5.74, 6) is 5.48. The van der Waals surface area contributed by atoms with E-state index in [1.165, 1.54) is 6.07 Å². The predicted octanol–water partition coefficient (Wildman–Crippen LogP) is 1.62. The summed E-state index contributed by atoms with van der Waals surface area (Å²) >= 11 is 0. The van der Waals surface area contributed by atoms with Crippen LogP contribution < -0.4 is 11.3 Å². The van der Waals surface area contributed by atoms with Gasteiger partial charge in [-0.2, -0.15) is 0 Å². The zero-order chi connectivity index (χ0) is 15.5. The molecule has 0 aliphatic carbocycles.